The summed E-state index contributed by atoms with van der Waals surface area (Å²) in [6.45, 7) is 1.12. The van der Waals surface area contributed by atoms with Crippen LogP contribution >= 0.6 is 0 Å². The van der Waals surface area contributed by atoms with E-state index in [-0.39, 0.29) is 10.5 Å². The van der Waals surface area contributed by atoms with E-state index >= 15 is 0 Å². The van der Waals surface area contributed by atoms with Crippen molar-refractivity contribution < 1.29 is 21.6 Å². The SMILES string of the molecule is Cc1c(C(F)(F)F)[c]ccc1S(C)(=O)=O. The zero-order chi connectivity index (χ0) is 11.9. The largest absolute Gasteiger partial charge is 0.417 e. The van der Waals surface area contributed by atoms with E-state index in [2.05, 4.69) is 0 Å². The van der Waals surface area contributed by atoms with Crippen LogP contribution < -0.4 is 0 Å². The van der Waals surface area contributed by atoms with Crippen molar-refractivity contribution in [2.45, 2.75) is 18.0 Å². The van der Waals surface area contributed by atoms with Crippen LogP contribution in [0.2, 0.25) is 0 Å². The van der Waals surface area contributed by atoms with E-state index in [0.29, 0.717) is 0 Å². The maximum absolute atomic E-state index is 12.4. The zero-order valence-electron chi connectivity index (χ0n) is 8.01. The summed E-state index contributed by atoms with van der Waals surface area (Å²) in [4.78, 5) is -0.312. The molecule has 0 aromatic heterocycles. The molecule has 1 aromatic rings. The average Bonchev–Trinajstić information content (AvgIpc) is 1.99. The number of sulfone groups is 1. The molecule has 0 heterocycles. The zero-order valence-corrected chi connectivity index (χ0v) is 8.83. The van der Waals surface area contributed by atoms with Gasteiger partial charge in [-0.25, -0.2) is 8.42 Å². The fraction of sp³-hybridized carbons (Fsp3) is 0.333. The maximum Gasteiger partial charge on any atom is 0.417 e. The molecule has 6 heteroatoms. The van der Waals surface area contributed by atoms with Gasteiger partial charge >= 0.3 is 6.18 Å². The highest BCUT2D eigenvalue weighted by molar-refractivity contribution is 7.90. The van der Waals surface area contributed by atoms with Crippen molar-refractivity contribution in [1.29, 1.82) is 0 Å². The number of hydrogen-bond acceptors (Lipinski definition) is 2. The van der Waals surface area contributed by atoms with E-state index < -0.39 is 21.6 Å². The van der Waals surface area contributed by atoms with Crippen LogP contribution in [0.4, 0.5) is 13.2 Å². The molecule has 0 aliphatic carbocycles. The summed E-state index contributed by atoms with van der Waals surface area (Å²) in [6.07, 6.45) is -3.71. The predicted molar refractivity (Wildman–Crippen MR) is 48.1 cm³/mol. The molecule has 0 aliphatic rings. The van der Waals surface area contributed by atoms with Gasteiger partial charge in [0, 0.05) is 6.26 Å². The van der Waals surface area contributed by atoms with Gasteiger partial charge in [-0.1, -0.05) is 6.07 Å². The van der Waals surface area contributed by atoms with E-state index in [9.17, 15) is 21.6 Å². The van der Waals surface area contributed by atoms with Gasteiger partial charge < -0.3 is 0 Å². The highest BCUT2D eigenvalue weighted by atomic mass is 32.2. The molecule has 1 aromatic carbocycles. The molecule has 0 bridgehead atoms. The highest BCUT2D eigenvalue weighted by Gasteiger charge is 2.34. The Morgan fingerprint density at radius 2 is 1.87 bits per heavy atom. The topological polar surface area (TPSA) is 34.1 Å². The van der Waals surface area contributed by atoms with Crippen molar-refractivity contribution >= 4 is 9.84 Å². The molecule has 0 saturated heterocycles. The van der Waals surface area contributed by atoms with Crippen molar-refractivity contribution in [1.82, 2.24) is 0 Å². The first-order valence-corrected chi connectivity index (χ1v) is 5.81. The molecule has 0 aliphatic heterocycles. The third kappa shape index (κ3) is 2.50. The van der Waals surface area contributed by atoms with Gasteiger partial charge in [0.25, 0.3) is 0 Å². The molecular weight excluding hydrogens is 229 g/mol. The minimum atomic E-state index is -4.58. The predicted octanol–water partition coefficient (Wildman–Crippen LogP) is 2.22. The molecule has 0 unspecified atom stereocenters. The lowest BCUT2D eigenvalue weighted by molar-refractivity contribution is -0.138. The molecule has 0 atom stereocenters. The van der Waals surface area contributed by atoms with Crippen LogP contribution in [0.15, 0.2) is 17.0 Å². The van der Waals surface area contributed by atoms with Crippen LogP contribution in [0.1, 0.15) is 11.1 Å². The van der Waals surface area contributed by atoms with Gasteiger partial charge in [0.15, 0.2) is 9.84 Å². The molecule has 1 rings (SSSR count). The van der Waals surface area contributed by atoms with Crippen LogP contribution in [0, 0.1) is 13.0 Å². The van der Waals surface area contributed by atoms with E-state index in [0.717, 1.165) is 25.3 Å². The summed E-state index contributed by atoms with van der Waals surface area (Å²) >= 11 is 0. The smallest absolute Gasteiger partial charge is 0.224 e. The van der Waals surface area contributed by atoms with Crippen LogP contribution in [0.25, 0.3) is 0 Å². The second-order valence-electron chi connectivity index (χ2n) is 3.11. The van der Waals surface area contributed by atoms with Crippen LogP contribution in [0.3, 0.4) is 0 Å². The Morgan fingerprint density at radius 1 is 1.33 bits per heavy atom. The fourth-order valence-corrected chi connectivity index (χ4v) is 2.23. The third-order valence-corrected chi connectivity index (χ3v) is 3.13. The minimum absolute atomic E-state index is 0.312. The van der Waals surface area contributed by atoms with E-state index in [4.69, 9.17) is 0 Å². The van der Waals surface area contributed by atoms with Gasteiger partial charge in [0.1, 0.15) is 0 Å². The molecule has 0 amide bonds. The van der Waals surface area contributed by atoms with E-state index in [1.807, 2.05) is 6.07 Å². The van der Waals surface area contributed by atoms with Crippen LogP contribution in [-0.4, -0.2) is 14.7 Å². The van der Waals surface area contributed by atoms with Crippen LogP contribution in [0.5, 0.6) is 0 Å². The summed E-state index contributed by atoms with van der Waals surface area (Å²) in [5.74, 6) is 0. The first-order valence-electron chi connectivity index (χ1n) is 3.92. The average molecular weight is 237 g/mol. The van der Waals surface area contributed by atoms with Gasteiger partial charge in [-0.15, -0.1) is 0 Å². The molecule has 1 radical (unpaired) electrons. The van der Waals surface area contributed by atoms with E-state index in [1.165, 1.54) is 0 Å². The minimum Gasteiger partial charge on any atom is -0.224 e. The number of alkyl halides is 3. The van der Waals surface area contributed by atoms with Crippen molar-refractivity contribution in [3.05, 3.63) is 29.3 Å². The number of rotatable bonds is 1. The van der Waals surface area contributed by atoms with Gasteiger partial charge in [-0.3, -0.25) is 0 Å². The van der Waals surface area contributed by atoms with Crippen LogP contribution in [-0.2, 0) is 16.0 Å². The normalized spacial score (nSPS) is 12.9. The number of hydrogen-bond donors (Lipinski definition) is 0. The summed E-state index contributed by atoms with van der Waals surface area (Å²) in [7, 11) is -3.64. The van der Waals surface area contributed by atoms with Gasteiger partial charge in [-0.05, 0) is 24.6 Å². The lowest BCUT2D eigenvalue weighted by atomic mass is 10.1. The number of halogens is 3. The van der Waals surface area contributed by atoms with Gasteiger partial charge in [0.05, 0.1) is 10.5 Å². The lowest BCUT2D eigenvalue weighted by Gasteiger charge is -2.12. The molecule has 0 N–H and O–H groups in total. The summed E-state index contributed by atoms with van der Waals surface area (Å²) < 4.78 is 59.5. The first kappa shape index (κ1) is 12.0. The van der Waals surface area contributed by atoms with E-state index in [1.54, 1.807) is 0 Å². The third-order valence-electron chi connectivity index (χ3n) is 1.89. The van der Waals surface area contributed by atoms with Gasteiger partial charge in [0.2, 0.25) is 0 Å². The molecule has 15 heavy (non-hydrogen) atoms. The summed E-state index contributed by atoms with van der Waals surface area (Å²) in [5.41, 5.74) is -1.35. The van der Waals surface area contributed by atoms with Crippen molar-refractivity contribution in [2.24, 2.45) is 0 Å². The maximum atomic E-state index is 12.4. The monoisotopic (exact) mass is 237 g/mol. The second-order valence-corrected chi connectivity index (χ2v) is 5.10. The quantitative estimate of drug-likeness (QED) is 0.750. The summed E-state index contributed by atoms with van der Waals surface area (Å²) in [6, 6.07) is 4.08. The molecule has 83 valence electrons. The molecule has 0 fully saturated rings. The Kier molecular flexibility index (Phi) is 2.82. The molecular formula is C9H8F3O2S. The summed E-state index contributed by atoms with van der Waals surface area (Å²) in [5, 5.41) is 0. The van der Waals surface area contributed by atoms with Crippen molar-refractivity contribution in [3.63, 3.8) is 0 Å². The Morgan fingerprint density at radius 3 is 2.27 bits per heavy atom. The Labute approximate surface area is 85.6 Å². The Balaban J connectivity index is 3.51. The second kappa shape index (κ2) is 3.52. The first-order chi connectivity index (χ1) is 6.64. The van der Waals surface area contributed by atoms with Crippen molar-refractivity contribution in [3.8, 4) is 0 Å². The fourth-order valence-electron chi connectivity index (χ4n) is 1.25. The number of benzene rings is 1. The molecule has 0 saturated carbocycles. The highest BCUT2D eigenvalue weighted by Crippen LogP contribution is 2.33. The van der Waals surface area contributed by atoms with Crippen molar-refractivity contribution in [2.75, 3.05) is 6.26 Å². The Bertz CT molecular complexity index is 475. The lowest BCUT2D eigenvalue weighted by Crippen LogP contribution is -2.11. The Hall–Kier alpha value is -1.04. The molecule has 0 spiro atoms. The standard InChI is InChI=1S/C9H8F3O2S/c1-6-7(9(10,11)12)4-3-5-8(6)15(2,13)14/h3,5H,1-2H3. The van der Waals surface area contributed by atoms with Gasteiger partial charge in [-0.2, -0.15) is 13.2 Å². The molecule has 2 nitrogen and oxygen atoms in total.